The number of rotatable bonds is 7. The Morgan fingerprint density at radius 2 is 1.81 bits per heavy atom. The summed E-state index contributed by atoms with van der Waals surface area (Å²) in [7, 11) is 1.36. The van der Waals surface area contributed by atoms with E-state index in [-0.39, 0.29) is 22.7 Å². The van der Waals surface area contributed by atoms with Crippen molar-refractivity contribution in [3.05, 3.63) is 82.5 Å². The third-order valence-corrected chi connectivity index (χ3v) is 4.76. The lowest BCUT2D eigenvalue weighted by Crippen LogP contribution is -2.31. The van der Waals surface area contributed by atoms with Crippen LogP contribution in [0.5, 0.6) is 5.75 Å². The first-order valence-corrected chi connectivity index (χ1v) is 9.45. The Morgan fingerprint density at radius 1 is 1.13 bits per heavy atom. The van der Waals surface area contributed by atoms with E-state index in [1.54, 1.807) is 24.3 Å². The molecule has 0 saturated heterocycles. The van der Waals surface area contributed by atoms with Crippen molar-refractivity contribution in [1.82, 2.24) is 10.3 Å². The van der Waals surface area contributed by atoms with E-state index in [1.165, 1.54) is 19.2 Å². The molecule has 9 heteroatoms. The summed E-state index contributed by atoms with van der Waals surface area (Å²) in [6, 6.07) is 11.3. The second-order valence-electron chi connectivity index (χ2n) is 6.55. The largest absolute Gasteiger partial charge is 0.494 e. The van der Waals surface area contributed by atoms with Gasteiger partial charge in [0, 0.05) is 16.7 Å². The second kappa shape index (κ2) is 9.53. The molecule has 1 aromatic heterocycles. The molecule has 1 heterocycles. The lowest BCUT2D eigenvalue weighted by Gasteiger charge is -2.19. The molecule has 0 aliphatic carbocycles. The molecule has 0 saturated carbocycles. The van der Waals surface area contributed by atoms with Gasteiger partial charge in [0.2, 0.25) is 0 Å². The van der Waals surface area contributed by atoms with E-state index in [0.717, 1.165) is 12.1 Å². The van der Waals surface area contributed by atoms with Crippen LogP contribution in [-0.2, 0) is 4.79 Å². The number of aliphatic carboxylic acids is 1. The summed E-state index contributed by atoms with van der Waals surface area (Å²) in [5.74, 6) is -3.24. The Morgan fingerprint density at radius 3 is 2.42 bits per heavy atom. The SMILES string of the molecule is COc1ccc(C(=O)NC(CC(=O)O)c2ccccc2Cl)nc1-c1cc(F)cc(F)c1. The van der Waals surface area contributed by atoms with Crippen LogP contribution in [0, 0.1) is 11.6 Å². The topological polar surface area (TPSA) is 88.5 Å². The number of benzene rings is 2. The molecule has 3 rings (SSSR count). The van der Waals surface area contributed by atoms with Gasteiger partial charge in [0.1, 0.15) is 28.8 Å². The molecular formula is C22H17ClF2N2O4. The molecule has 160 valence electrons. The fourth-order valence-corrected chi connectivity index (χ4v) is 3.31. The minimum absolute atomic E-state index is 0.0566. The molecule has 0 aliphatic heterocycles. The average Bonchev–Trinajstić information content (AvgIpc) is 2.72. The number of methoxy groups -OCH3 is 1. The number of carboxylic acids is 1. The first kappa shape index (κ1) is 22.2. The van der Waals surface area contributed by atoms with Crippen LogP contribution in [0.15, 0.2) is 54.6 Å². The van der Waals surface area contributed by atoms with Gasteiger partial charge in [-0.15, -0.1) is 0 Å². The van der Waals surface area contributed by atoms with Crippen molar-refractivity contribution in [2.75, 3.05) is 7.11 Å². The first-order chi connectivity index (χ1) is 14.8. The van der Waals surface area contributed by atoms with E-state index in [1.807, 2.05) is 0 Å². The molecule has 6 nitrogen and oxygen atoms in total. The van der Waals surface area contributed by atoms with E-state index in [4.69, 9.17) is 16.3 Å². The predicted molar refractivity (Wildman–Crippen MR) is 110 cm³/mol. The quantitative estimate of drug-likeness (QED) is 0.552. The van der Waals surface area contributed by atoms with Crippen LogP contribution in [0.2, 0.25) is 5.02 Å². The van der Waals surface area contributed by atoms with Gasteiger partial charge in [0.05, 0.1) is 19.6 Å². The van der Waals surface area contributed by atoms with Gasteiger partial charge in [0.25, 0.3) is 5.91 Å². The molecule has 3 aromatic rings. The van der Waals surface area contributed by atoms with Crippen molar-refractivity contribution in [2.45, 2.75) is 12.5 Å². The van der Waals surface area contributed by atoms with Crippen LogP contribution in [0.3, 0.4) is 0 Å². The van der Waals surface area contributed by atoms with Crippen LogP contribution < -0.4 is 10.1 Å². The molecule has 1 amide bonds. The fourth-order valence-electron chi connectivity index (χ4n) is 3.04. The summed E-state index contributed by atoms with van der Waals surface area (Å²) in [4.78, 5) is 28.3. The second-order valence-corrected chi connectivity index (χ2v) is 6.96. The maximum absolute atomic E-state index is 13.7. The average molecular weight is 447 g/mol. The molecular weight excluding hydrogens is 430 g/mol. The van der Waals surface area contributed by atoms with Crippen molar-refractivity contribution in [1.29, 1.82) is 0 Å². The molecule has 31 heavy (non-hydrogen) atoms. The summed E-state index contributed by atoms with van der Waals surface area (Å²) in [6.07, 6.45) is -0.409. The summed E-state index contributed by atoms with van der Waals surface area (Å²) >= 11 is 6.16. The molecule has 2 N–H and O–H groups in total. The van der Waals surface area contributed by atoms with Gasteiger partial charge in [-0.25, -0.2) is 13.8 Å². The van der Waals surface area contributed by atoms with Crippen LogP contribution in [0.1, 0.15) is 28.5 Å². The lowest BCUT2D eigenvalue weighted by atomic mass is 10.0. The maximum atomic E-state index is 13.7. The zero-order valence-corrected chi connectivity index (χ0v) is 17.0. The van der Waals surface area contributed by atoms with E-state index in [0.29, 0.717) is 16.7 Å². The highest BCUT2D eigenvalue weighted by Gasteiger charge is 2.22. The number of ether oxygens (including phenoxy) is 1. The highest BCUT2D eigenvalue weighted by atomic mass is 35.5. The maximum Gasteiger partial charge on any atom is 0.305 e. The molecule has 1 atom stereocenters. The van der Waals surface area contributed by atoms with E-state index < -0.39 is 36.0 Å². The molecule has 0 aliphatic rings. The van der Waals surface area contributed by atoms with Crippen molar-refractivity contribution in [3.8, 4) is 17.0 Å². The number of aromatic nitrogens is 1. The Balaban J connectivity index is 1.97. The number of pyridine rings is 1. The molecule has 1 unspecified atom stereocenters. The van der Waals surface area contributed by atoms with Gasteiger partial charge in [0.15, 0.2) is 0 Å². The molecule has 0 spiro atoms. The fraction of sp³-hybridized carbons (Fsp3) is 0.136. The Hall–Kier alpha value is -3.52. The number of carboxylic acid groups (broad SMARTS) is 1. The zero-order chi connectivity index (χ0) is 22.5. The Labute approximate surface area is 181 Å². The summed E-state index contributed by atoms with van der Waals surface area (Å²) in [5.41, 5.74) is 0.474. The first-order valence-electron chi connectivity index (χ1n) is 9.07. The third-order valence-electron chi connectivity index (χ3n) is 4.41. The number of halogens is 3. The van der Waals surface area contributed by atoms with Gasteiger partial charge in [-0.1, -0.05) is 29.8 Å². The van der Waals surface area contributed by atoms with Crippen molar-refractivity contribution >= 4 is 23.5 Å². The lowest BCUT2D eigenvalue weighted by molar-refractivity contribution is -0.137. The normalized spacial score (nSPS) is 11.6. The standard InChI is InChI=1S/C22H17ClF2N2O4/c1-31-19-7-6-17(26-21(19)12-8-13(24)10-14(25)9-12)22(30)27-18(11-20(28)29)15-4-2-3-5-16(15)23/h2-10,18H,11H2,1H3,(H,27,30)(H,28,29). The van der Waals surface area contributed by atoms with Gasteiger partial charge < -0.3 is 15.2 Å². The Kier molecular flexibility index (Phi) is 6.81. The summed E-state index contributed by atoms with van der Waals surface area (Å²) < 4.78 is 32.5. The van der Waals surface area contributed by atoms with Crippen molar-refractivity contribution < 1.29 is 28.2 Å². The number of nitrogens with one attached hydrogen (secondary N) is 1. The van der Waals surface area contributed by atoms with E-state index >= 15 is 0 Å². The predicted octanol–water partition coefficient (Wildman–Crippen LogP) is 4.63. The highest BCUT2D eigenvalue weighted by molar-refractivity contribution is 6.31. The number of nitrogens with zero attached hydrogens (tertiary/aromatic N) is 1. The van der Waals surface area contributed by atoms with E-state index in [2.05, 4.69) is 10.3 Å². The zero-order valence-electron chi connectivity index (χ0n) is 16.2. The molecule has 0 bridgehead atoms. The van der Waals surface area contributed by atoms with Gasteiger partial charge in [-0.2, -0.15) is 0 Å². The minimum atomic E-state index is -1.14. The summed E-state index contributed by atoms with van der Waals surface area (Å²) in [6.45, 7) is 0. The number of carbonyl (C=O) groups excluding carboxylic acids is 1. The van der Waals surface area contributed by atoms with Crippen LogP contribution in [0.25, 0.3) is 11.3 Å². The number of hydrogen-bond donors (Lipinski definition) is 2. The Bertz CT molecular complexity index is 1120. The number of hydrogen-bond acceptors (Lipinski definition) is 4. The third kappa shape index (κ3) is 5.35. The monoisotopic (exact) mass is 446 g/mol. The number of amides is 1. The minimum Gasteiger partial charge on any atom is -0.494 e. The smallest absolute Gasteiger partial charge is 0.305 e. The summed E-state index contributed by atoms with van der Waals surface area (Å²) in [5, 5.41) is 12.1. The molecule has 0 radical (unpaired) electrons. The van der Waals surface area contributed by atoms with Crippen molar-refractivity contribution in [2.24, 2.45) is 0 Å². The van der Waals surface area contributed by atoms with E-state index in [9.17, 15) is 23.5 Å². The van der Waals surface area contributed by atoms with Crippen LogP contribution in [0.4, 0.5) is 8.78 Å². The molecule has 2 aromatic carbocycles. The van der Waals surface area contributed by atoms with Crippen molar-refractivity contribution in [3.63, 3.8) is 0 Å². The van der Waals surface area contributed by atoms with Gasteiger partial charge in [-0.05, 0) is 35.9 Å². The number of carbonyl (C=O) groups is 2. The molecule has 0 fully saturated rings. The van der Waals surface area contributed by atoms with Crippen LogP contribution in [-0.4, -0.2) is 29.1 Å². The van der Waals surface area contributed by atoms with Crippen LogP contribution >= 0.6 is 11.6 Å². The van der Waals surface area contributed by atoms with Gasteiger partial charge >= 0.3 is 5.97 Å². The van der Waals surface area contributed by atoms with Gasteiger partial charge in [-0.3, -0.25) is 9.59 Å². The highest BCUT2D eigenvalue weighted by Crippen LogP contribution is 2.30.